The largest absolute Gasteiger partial charge is 0.461 e. The minimum absolute atomic E-state index is 0.207. The molecule has 0 aliphatic rings. The van der Waals surface area contributed by atoms with Crippen molar-refractivity contribution in [3.63, 3.8) is 0 Å². The fourth-order valence-corrected chi connectivity index (χ4v) is 4.01. The van der Waals surface area contributed by atoms with Gasteiger partial charge in [0, 0.05) is 51.6 Å². The molecule has 0 amide bonds. The molecule has 0 bridgehead atoms. The number of carbonyl (C=O) groups is 2. The van der Waals surface area contributed by atoms with Gasteiger partial charge in [0.2, 0.25) is 0 Å². The lowest BCUT2D eigenvalue weighted by Gasteiger charge is -2.11. The lowest BCUT2D eigenvalue weighted by molar-refractivity contribution is -0.141. The fourth-order valence-electron chi connectivity index (χ4n) is 4.01. The van der Waals surface area contributed by atoms with Crippen molar-refractivity contribution < 1.29 is 19.2 Å². The number of aromatic nitrogens is 1. The summed E-state index contributed by atoms with van der Waals surface area (Å²) in [6.45, 7) is 7.40. The lowest BCUT2D eigenvalue weighted by atomic mass is 9.97. The van der Waals surface area contributed by atoms with Crippen LogP contribution in [0, 0.1) is 6.92 Å². The van der Waals surface area contributed by atoms with Gasteiger partial charge in [0.15, 0.2) is 0 Å². The first kappa shape index (κ1) is 22.8. The maximum Gasteiger partial charge on any atom is 0.332 e. The van der Waals surface area contributed by atoms with Crippen molar-refractivity contribution in [1.82, 2.24) is 4.57 Å². The van der Waals surface area contributed by atoms with Gasteiger partial charge in [-0.15, -0.1) is 0 Å². The molecule has 0 atom stereocenters. The molecule has 4 rings (SSSR count). The first-order valence-electron chi connectivity index (χ1n) is 10.8. The van der Waals surface area contributed by atoms with Crippen LogP contribution in [0.25, 0.3) is 21.8 Å². The summed E-state index contributed by atoms with van der Waals surface area (Å²) in [4.78, 5) is 28.0. The van der Waals surface area contributed by atoms with Gasteiger partial charge in [-0.05, 0) is 42.8 Å². The van der Waals surface area contributed by atoms with E-state index in [0.717, 1.165) is 44.6 Å². The van der Waals surface area contributed by atoms with Gasteiger partial charge >= 0.3 is 11.9 Å². The Morgan fingerprint density at radius 1 is 1.06 bits per heavy atom. The summed E-state index contributed by atoms with van der Waals surface area (Å²) in [5.74, 6) is -0.956. The molecule has 3 aromatic carbocycles. The number of hydrogen-bond acceptors (Lipinski definition) is 6. The molecule has 0 saturated heterocycles. The van der Waals surface area contributed by atoms with Crippen LogP contribution < -0.4 is 5.73 Å². The van der Waals surface area contributed by atoms with Crippen molar-refractivity contribution >= 4 is 45.1 Å². The molecule has 7 heteroatoms. The number of esters is 1. The maximum atomic E-state index is 11.5. The number of hydrogen-bond donors (Lipinski definition) is 1. The molecule has 1 heterocycles. The molecule has 2 N–H and O–H groups in total. The molecular formula is C27H25N3O4. The van der Waals surface area contributed by atoms with E-state index in [1.807, 2.05) is 67.6 Å². The number of nitrogens with two attached hydrogens (primary N) is 1. The van der Waals surface area contributed by atoms with Crippen molar-refractivity contribution in [3.05, 3.63) is 90.0 Å². The number of rotatable bonds is 7. The average Bonchev–Trinajstić information content (AvgIpc) is 3.12. The Labute approximate surface area is 197 Å². The molecule has 4 aromatic rings. The number of nitrogens with zero attached hydrogens (tertiary/aromatic N) is 2. The number of carbonyl (C=O) groups excluding carboxylic acids is 2. The highest BCUT2D eigenvalue weighted by atomic mass is 16.7. The third-order valence-electron chi connectivity index (χ3n) is 5.55. The standard InChI is InChI=1S/C27H25N3O4/c1-4-26(32)33-14-13-30-24-11-9-19(15-22(24)23-16-20(28)10-12-25(23)30)27(29-34-18(3)31)21-8-6-5-7-17(21)2/h4-12,15-16H,1,13-14,28H2,2-3H3/b29-27-. The highest BCUT2D eigenvalue weighted by molar-refractivity contribution is 6.17. The molecule has 0 spiro atoms. The van der Waals surface area contributed by atoms with E-state index in [9.17, 15) is 9.59 Å². The summed E-state index contributed by atoms with van der Waals surface area (Å²) in [5.41, 5.74) is 11.9. The smallest absolute Gasteiger partial charge is 0.332 e. The van der Waals surface area contributed by atoms with Crippen LogP contribution in [0.15, 0.2) is 78.5 Å². The summed E-state index contributed by atoms with van der Waals surface area (Å²) in [5, 5.41) is 6.10. The Bertz CT molecular complexity index is 1450. The predicted molar refractivity (Wildman–Crippen MR) is 134 cm³/mol. The first-order valence-corrected chi connectivity index (χ1v) is 10.8. The Morgan fingerprint density at radius 2 is 1.76 bits per heavy atom. The topological polar surface area (TPSA) is 95.9 Å². The fraction of sp³-hybridized carbons (Fsp3) is 0.148. The second-order valence-electron chi connectivity index (χ2n) is 7.87. The SMILES string of the molecule is C=CC(=O)OCCn1c2ccc(N)cc2c2cc(/C(=N/OC(C)=O)c3ccccc3C)ccc21. The van der Waals surface area contributed by atoms with Crippen LogP contribution in [0.1, 0.15) is 23.6 Å². The van der Waals surface area contributed by atoms with Gasteiger partial charge in [-0.1, -0.05) is 42.1 Å². The number of oxime groups is 1. The molecule has 172 valence electrons. The van der Waals surface area contributed by atoms with Crippen LogP contribution in [0.5, 0.6) is 0 Å². The number of benzene rings is 3. The second kappa shape index (κ2) is 9.62. The lowest BCUT2D eigenvalue weighted by Crippen LogP contribution is -2.10. The third-order valence-corrected chi connectivity index (χ3v) is 5.55. The zero-order chi connectivity index (χ0) is 24.2. The van der Waals surface area contributed by atoms with E-state index in [0.29, 0.717) is 17.9 Å². The Hall–Kier alpha value is -4.39. The van der Waals surface area contributed by atoms with Crippen LogP contribution in [0.3, 0.4) is 0 Å². The molecule has 0 saturated carbocycles. The van der Waals surface area contributed by atoms with E-state index >= 15 is 0 Å². The van der Waals surface area contributed by atoms with Gasteiger partial charge in [-0.2, -0.15) is 0 Å². The highest BCUT2D eigenvalue weighted by Gasteiger charge is 2.16. The van der Waals surface area contributed by atoms with Gasteiger partial charge < -0.3 is 19.9 Å². The van der Waals surface area contributed by atoms with Crippen molar-refractivity contribution in [3.8, 4) is 0 Å². The maximum absolute atomic E-state index is 11.5. The van der Waals surface area contributed by atoms with Crippen molar-refractivity contribution in [1.29, 1.82) is 0 Å². The zero-order valence-corrected chi connectivity index (χ0v) is 19.1. The van der Waals surface area contributed by atoms with Gasteiger partial charge in [-0.25, -0.2) is 9.59 Å². The van der Waals surface area contributed by atoms with Crippen LogP contribution in [-0.4, -0.2) is 28.8 Å². The molecule has 0 unspecified atom stereocenters. The van der Waals surface area contributed by atoms with Crippen molar-refractivity contribution in [2.75, 3.05) is 12.3 Å². The molecule has 0 radical (unpaired) electrons. The van der Waals surface area contributed by atoms with Gasteiger partial charge in [0.05, 0.1) is 6.54 Å². The first-order chi connectivity index (χ1) is 16.4. The predicted octanol–water partition coefficient (Wildman–Crippen LogP) is 4.73. The number of ether oxygens (including phenoxy) is 1. The summed E-state index contributed by atoms with van der Waals surface area (Å²) >= 11 is 0. The van der Waals surface area contributed by atoms with Crippen LogP contribution >= 0.6 is 0 Å². The summed E-state index contributed by atoms with van der Waals surface area (Å²) in [6, 6.07) is 19.4. The monoisotopic (exact) mass is 455 g/mol. The summed E-state index contributed by atoms with van der Waals surface area (Å²) in [6.07, 6.45) is 1.15. The normalized spacial score (nSPS) is 11.5. The average molecular weight is 456 g/mol. The van der Waals surface area contributed by atoms with Crippen LogP contribution in [-0.2, 0) is 25.7 Å². The molecule has 0 fully saturated rings. The molecule has 0 aliphatic carbocycles. The minimum atomic E-state index is -0.495. The number of nitrogen functional groups attached to an aromatic ring is 1. The molecule has 34 heavy (non-hydrogen) atoms. The third kappa shape index (κ3) is 4.54. The molecule has 0 aliphatic heterocycles. The van der Waals surface area contributed by atoms with E-state index in [-0.39, 0.29) is 6.61 Å². The van der Waals surface area contributed by atoms with Gasteiger partial charge in [0.1, 0.15) is 12.3 Å². The quantitative estimate of drug-likeness (QED) is 0.109. The van der Waals surface area contributed by atoms with Gasteiger partial charge in [-0.3, -0.25) is 0 Å². The molecule has 1 aromatic heterocycles. The number of anilines is 1. The second-order valence-corrected chi connectivity index (χ2v) is 7.87. The van der Waals surface area contributed by atoms with Crippen molar-refractivity contribution in [2.45, 2.75) is 20.4 Å². The molecular weight excluding hydrogens is 430 g/mol. The van der Waals surface area contributed by atoms with Crippen LogP contribution in [0.2, 0.25) is 0 Å². The summed E-state index contributed by atoms with van der Waals surface area (Å²) < 4.78 is 7.29. The molecule has 7 nitrogen and oxygen atoms in total. The van der Waals surface area contributed by atoms with Crippen molar-refractivity contribution in [2.24, 2.45) is 5.16 Å². The Kier molecular flexibility index (Phi) is 6.45. The van der Waals surface area contributed by atoms with E-state index in [1.165, 1.54) is 6.92 Å². The minimum Gasteiger partial charge on any atom is -0.461 e. The van der Waals surface area contributed by atoms with E-state index in [2.05, 4.69) is 16.3 Å². The number of fused-ring (bicyclic) bond motifs is 3. The van der Waals surface area contributed by atoms with E-state index in [4.69, 9.17) is 15.3 Å². The van der Waals surface area contributed by atoms with E-state index < -0.39 is 11.9 Å². The van der Waals surface area contributed by atoms with Gasteiger partial charge in [0.25, 0.3) is 0 Å². The summed E-state index contributed by atoms with van der Waals surface area (Å²) in [7, 11) is 0. The zero-order valence-electron chi connectivity index (χ0n) is 19.1. The number of aryl methyl sites for hydroxylation is 1. The van der Waals surface area contributed by atoms with Crippen LogP contribution in [0.4, 0.5) is 5.69 Å². The Morgan fingerprint density at radius 3 is 2.47 bits per heavy atom. The Balaban J connectivity index is 1.87. The highest BCUT2D eigenvalue weighted by Crippen LogP contribution is 2.32. The van der Waals surface area contributed by atoms with E-state index in [1.54, 1.807) is 0 Å².